The minimum absolute atomic E-state index is 0.0141. The third kappa shape index (κ3) is 3.07. The molecule has 20 heavy (non-hydrogen) atoms. The quantitative estimate of drug-likeness (QED) is 0.438. The van der Waals surface area contributed by atoms with Gasteiger partial charge in [0.05, 0.1) is 19.0 Å². The number of nitrogens with zero attached hydrogens (tertiary/aromatic N) is 4. The topological polar surface area (TPSA) is 136 Å². The number of carbonyl (C=O) groups is 1. The molecule has 0 saturated carbocycles. The minimum atomic E-state index is -2.47. The van der Waals surface area contributed by atoms with Gasteiger partial charge in [0.15, 0.2) is 17.8 Å². The fourth-order valence-electron chi connectivity index (χ4n) is 1.66. The molecule has 0 fully saturated rings. The van der Waals surface area contributed by atoms with Crippen LogP contribution in [0.2, 0.25) is 0 Å². The van der Waals surface area contributed by atoms with E-state index in [2.05, 4.69) is 15.0 Å². The first kappa shape index (κ1) is 14.3. The molecule has 9 nitrogen and oxygen atoms in total. The maximum Gasteiger partial charge on any atom is 0.245 e. The van der Waals surface area contributed by atoms with Gasteiger partial charge in [-0.2, -0.15) is 0 Å². The van der Waals surface area contributed by atoms with Gasteiger partial charge in [-0.05, 0) is 6.92 Å². The van der Waals surface area contributed by atoms with E-state index in [1.54, 1.807) is 17.8 Å². The van der Waals surface area contributed by atoms with Crippen LogP contribution in [-0.2, 0) is 16.1 Å². The molecular formula is C11H15N5O4. The Kier molecular flexibility index (Phi) is 3.93. The number of nitrogen functional groups attached to an aromatic ring is 1. The van der Waals surface area contributed by atoms with Crippen LogP contribution in [0.25, 0.3) is 11.2 Å². The number of fused-ring (bicyclic) bond motifs is 1. The molecule has 4 N–H and O–H groups in total. The van der Waals surface area contributed by atoms with Crippen molar-refractivity contribution in [1.29, 1.82) is 0 Å². The van der Waals surface area contributed by atoms with E-state index in [4.69, 9.17) is 20.7 Å². The van der Waals surface area contributed by atoms with Crippen molar-refractivity contribution in [2.24, 2.45) is 0 Å². The summed E-state index contributed by atoms with van der Waals surface area (Å²) in [5, 5.41) is 18.2. The van der Waals surface area contributed by atoms with E-state index in [0.29, 0.717) is 17.7 Å². The van der Waals surface area contributed by atoms with Gasteiger partial charge in [-0.1, -0.05) is 0 Å². The third-order valence-corrected chi connectivity index (χ3v) is 2.65. The van der Waals surface area contributed by atoms with Gasteiger partial charge in [0.1, 0.15) is 18.5 Å². The lowest BCUT2D eigenvalue weighted by molar-refractivity contribution is -0.195. The molecule has 0 amide bonds. The van der Waals surface area contributed by atoms with E-state index in [0.717, 1.165) is 0 Å². The van der Waals surface area contributed by atoms with Crippen molar-refractivity contribution in [1.82, 2.24) is 19.5 Å². The standard InChI is InChI=1S/C11H15N5O4/c1-7(20-4-11(18,19)3-17)2-16-6-15-8-9(12)13-5-14-10(8)16/h3,5-7,18-19H,2,4H2,1H3,(H2,12,13,14)/t7-/m1/s1. The zero-order valence-electron chi connectivity index (χ0n) is 10.8. The SMILES string of the molecule is C[C@H](Cn1cnc2c(N)ncnc21)OCC(O)(O)C=O. The van der Waals surface area contributed by atoms with Crippen LogP contribution < -0.4 is 5.73 Å². The number of aldehydes is 1. The molecule has 2 aromatic heterocycles. The smallest absolute Gasteiger partial charge is 0.245 e. The number of aromatic nitrogens is 4. The molecule has 0 aliphatic carbocycles. The van der Waals surface area contributed by atoms with E-state index < -0.39 is 12.4 Å². The Balaban J connectivity index is 2.05. The summed E-state index contributed by atoms with van der Waals surface area (Å²) in [7, 11) is 0. The van der Waals surface area contributed by atoms with Crippen LogP contribution in [-0.4, -0.2) is 54.5 Å². The van der Waals surface area contributed by atoms with E-state index >= 15 is 0 Å². The number of aliphatic hydroxyl groups is 2. The summed E-state index contributed by atoms with van der Waals surface area (Å²) < 4.78 is 6.90. The summed E-state index contributed by atoms with van der Waals surface area (Å²) in [6, 6.07) is 0. The van der Waals surface area contributed by atoms with E-state index in [1.807, 2.05) is 0 Å². The van der Waals surface area contributed by atoms with Gasteiger partial charge in [-0.3, -0.25) is 4.79 Å². The van der Waals surface area contributed by atoms with Gasteiger partial charge in [-0.15, -0.1) is 0 Å². The predicted molar refractivity (Wildman–Crippen MR) is 68.4 cm³/mol. The van der Waals surface area contributed by atoms with Gasteiger partial charge in [0.2, 0.25) is 5.79 Å². The Morgan fingerprint density at radius 3 is 2.95 bits per heavy atom. The minimum Gasteiger partial charge on any atom is -0.382 e. The number of ether oxygens (including phenoxy) is 1. The Hall–Kier alpha value is -2.10. The highest BCUT2D eigenvalue weighted by molar-refractivity contribution is 5.81. The largest absolute Gasteiger partial charge is 0.382 e. The van der Waals surface area contributed by atoms with Gasteiger partial charge in [0, 0.05) is 0 Å². The van der Waals surface area contributed by atoms with Crippen LogP contribution in [0, 0.1) is 0 Å². The molecule has 9 heteroatoms. The normalized spacial score (nSPS) is 13.6. The molecule has 0 aliphatic rings. The number of anilines is 1. The highest BCUT2D eigenvalue weighted by Crippen LogP contribution is 2.15. The molecule has 108 valence electrons. The lowest BCUT2D eigenvalue weighted by Crippen LogP contribution is -2.37. The number of nitrogens with two attached hydrogens (primary N) is 1. The summed E-state index contributed by atoms with van der Waals surface area (Å²) in [4.78, 5) is 22.4. The maximum atomic E-state index is 10.3. The van der Waals surface area contributed by atoms with E-state index in [-0.39, 0.29) is 18.2 Å². The summed E-state index contributed by atoms with van der Waals surface area (Å²) in [5.41, 5.74) is 6.72. The zero-order chi connectivity index (χ0) is 14.8. The molecule has 2 aromatic rings. The number of carbonyl (C=O) groups excluding carboxylic acids is 1. The zero-order valence-corrected chi connectivity index (χ0v) is 10.8. The first-order valence-electron chi connectivity index (χ1n) is 5.87. The lowest BCUT2D eigenvalue weighted by Gasteiger charge is -2.19. The average molecular weight is 281 g/mol. The summed E-state index contributed by atoms with van der Waals surface area (Å²) in [6.45, 7) is 1.57. The lowest BCUT2D eigenvalue weighted by atomic mass is 10.3. The summed E-state index contributed by atoms with van der Waals surface area (Å²) >= 11 is 0. The van der Waals surface area contributed by atoms with Crippen molar-refractivity contribution in [3.05, 3.63) is 12.7 Å². The summed E-state index contributed by atoms with van der Waals surface area (Å²) in [5.74, 6) is -2.19. The second-order valence-electron chi connectivity index (χ2n) is 4.45. The molecule has 2 heterocycles. The predicted octanol–water partition coefficient (Wildman–Crippen LogP) is -1.31. The third-order valence-electron chi connectivity index (χ3n) is 2.65. The van der Waals surface area contributed by atoms with Crippen LogP contribution in [0.4, 0.5) is 5.82 Å². The van der Waals surface area contributed by atoms with E-state index in [1.165, 1.54) is 6.33 Å². The molecule has 0 aliphatic heterocycles. The number of imidazole rings is 1. The van der Waals surface area contributed by atoms with Crippen LogP contribution in [0.5, 0.6) is 0 Å². The molecule has 0 aromatic carbocycles. The number of rotatable bonds is 6. The molecule has 0 bridgehead atoms. The first-order chi connectivity index (χ1) is 9.43. The molecule has 2 rings (SSSR count). The Labute approximate surface area is 114 Å². The van der Waals surface area contributed by atoms with Crippen LogP contribution in [0.3, 0.4) is 0 Å². The van der Waals surface area contributed by atoms with Crippen LogP contribution in [0.15, 0.2) is 12.7 Å². The molecule has 0 spiro atoms. The molecule has 0 radical (unpaired) electrons. The molecule has 0 saturated heterocycles. The van der Waals surface area contributed by atoms with Crippen molar-refractivity contribution in [2.45, 2.75) is 25.4 Å². The Bertz CT molecular complexity index is 612. The molecular weight excluding hydrogens is 266 g/mol. The van der Waals surface area contributed by atoms with Gasteiger partial charge >= 0.3 is 0 Å². The first-order valence-corrected chi connectivity index (χ1v) is 5.87. The second-order valence-corrected chi connectivity index (χ2v) is 4.45. The number of hydrogen-bond donors (Lipinski definition) is 3. The van der Waals surface area contributed by atoms with Crippen molar-refractivity contribution < 1.29 is 19.7 Å². The van der Waals surface area contributed by atoms with Gasteiger partial charge < -0.3 is 25.3 Å². The number of hydrogen-bond acceptors (Lipinski definition) is 8. The highest BCUT2D eigenvalue weighted by Gasteiger charge is 2.23. The average Bonchev–Trinajstić information content (AvgIpc) is 2.82. The fraction of sp³-hybridized carbons (Fsp3) is 0.455. The van der Waals surface area contributed by atoms with Gasteiger partial charge in [-0.25, -0.2) is 15.0 Å². The molecule has 1 atom stereocenters. The van der Waals surface area contributed by atoms with E-state index in [9.17, 15) is 4.79 Å². The fourth-order valence-corrected chi connectivity index (χ4v) is 1.66. The van der Waals surface area contributed by atoms with Crippen LogP contribution in [0.1, 0.15) is 6.92 Å². The highest BCUT2D eigenvalue weighted by atomic mass is 16.6. The summed E-state index contributed by atoms with van der Waals surface area (Å²) in [6.07, 6.45) is 2.50. The Morgan fingerprint density at radius 2 is 2.25 bits per heavy atom. The maximum absolute atomic E-state index is 10.3. The van der Waals surface area contributed by atoms with Crippen molar-refractivity contribution in [2.75, 3.05) is 12.3 Å². The second kappa shape index (κ2) is 5.49. The monoisotopic (exact) mass is 281 g/mol. The van der Waals surface area contributed by atoms with Crippen LogP contribution >= 0.6 is 0 Å². The van der Waals surface area contributed by atoms with Crippen molar-refractivity contribution in [3.63, 3.8) is 0 Å². The van der Waals surface area contributed by atoms with Crippen molar-refractivity contribution in [3.8, 4) is 0 Å². The van der Waals surface area contributed by atoms with Crippen molar-refractivity contribution >= 4 is 23.3 Å². The van der Waals surface area contributed by atoms with Gasteiger partial charge in [0.25, 0.3) is 0 Å². The molecule has 0 unspecified atom stereocenters. The Morgan fingerprint density at radius 1 is 1.50 bits per heavy atom.